The van der Waals surface area contributed by atoms with E-state index in [0.29, 0.717) is 5.75 Å². The van der Waals surface area contributed by atoms with E-state index >= 15 is 0 Å². The van der Waals surface area contributed by atoms with Crippen molar-refractivity contribution in [2.75, 3.05) is 0 Å². The fourth-order valence-electron chi connectivity index (χ4n) is 1.75. The number of aromatic hydroxyl groups is 2. The minimum absolute atomic E-state index is 0.106. The second-order valence-corrected chi connectivity index (χ2v) is 4.27. The predicted molar refractivity (Wildman–Crippen MR) is 68.6 cm³/mol. The van der Waals surface area contributed by atoms with Gasteiger partial charge in [-0.25, -0.2) is 0 Å². The van der Waals surface area contributed by atoms with Crippen LogP contribution in [0, 0.1) is 0 Å². The molecule has 0 fully saturated rings. The molecule has 0 aliphatic heterocycles. The number of hydrogen-bond donors (Lipinski definition) is 2. The summed E-state index contributed by atoms with van der Waals surface area (Å²) in [5.41, 5.74) is 0. The molecule has 0 heterocycles. The van der Waals surface area contributed by atoms with E-state index < -0.39 is 0 Å². The average molecular weight is 238 g/mol. The van der Waals surface area contributed by atoms with Crippen LogP contribution in [0.3, 0.4) is 0 Å². The molecule has 0 amide bonds. The third-order valence-corrected chi connectivity index (χ3v) is 2.86. The van der Waals surface area contributed by atoms with Gasteiger partial charge in [-0.15, -0.1) is 0 Å². The van der Waals surface area contributed by atoms with Crippen molar-refractivity contribution in [3.8, 4) is 17.2 Å². The molecule has 17 heavy (non-hydrogen) atoms. The Hall–Kier alpha value is -1.38. The van der Waals surface area contributed by atoms with Crippen molar-refractivity contribution >= 4 is 0 Å². The van der Waals surface area contributed by atoms with E-state index in [1.54, 1.807) is 12.1 Å². The van der Waals surface area contributed by atoms with Crippen LogP contribution < -0.4 is 4.74 Å². The topological polar surface area (TPSA) is 49.7 Å². The SMILES string of the molecule is CCCCCC(CC)Oc1cccc(O)c1O. The highest BCUT2D eigenvalue weighted by Crippen LogP contribution is 2.35. The lowest BCUT2D eigenvalue weighted by atomic mass is 10.1. The van der Waals surface area contributed by atoms with Gasteiger partial charge in [0, 0.05) is 0 Å². The number of para-hydroxylation sites is 1. The zero-order valence-electron chi connectivity index (χ0n) is 10.6. The number of benzene rings is 1. The Labute approximate surface area is 103 Å². The zero-order valence-corrected chi connectivity index (χ0v) is 10.6. The van der Waals surface area contributed by atoms with Gasteiger partial charge in [0.1, 0.15) is 0 Å². The fourth-order valence-corrected chi connectivity index (χ4v) is 1.75. The molecule has 0 aliphatic rings. The Morgan fingerprint density at radius 1 is 1.18 bits per heavy atom. The van der Waals surface area contributed by atoms with Crippen LogP contribution in [-0.4, -0.2) is 16.3 Å². The maximum absolute atomic E-state index is 9.64. The molecule has 0 saturated carbocycles. The molecule has 1 unspecified atom stereocenters. The van der Waals surface area contributed by atoms with E-state index in [1.165, 1.54) is 18.9 Å². The Bertz CT molecular complexity index is 336. The molecule has 3 heteroatoms. The largest absolute Gasteiger partial charge is 0.504 e. The summed E-state index contributed by atoms with van der Waals surface area (Å²) < 4.78 is 5.71. The molecular weight excluding hydrogens is 216 g/mol. The van der Waals surface area contributed by atoms with E-state index in [9.17, 15) is 10.2 Å². The van der Waals surface area contributed by atoms with Crippen molar-refractivity contribution < 1.29 is 14.9 Å². The molecule has 96 valence electrons. The average Bonchev–Trinajstić information content (AvgIpc) is 2.33. The first-order valence-corrected chi connectivity index (χ1v) is 6.36. The maximum Gasteiger partial charge on any atom is 0.200 e. The molecule has 1 rings (SSSR count). The van der Waals surface area contributed by atoms with Crippen LogP contribution in [0.2, 0.25) is 0 Å². The summed E-state index contributed by atoms with van der Waals surface area (Å²) in [6, 6.07) is 4.79. The summed E-state index contributed by atoms with van der Waals surface area (Å²) in [5.74, 6) is 0.0701. The van der Waals surface area contributed by atoms with Crippen molar-refractivity contribution in [2.45, 2.75) is 52.1 Å². The summed E-state index contributed by atoms with van der Waals surface area (Å²) in [4.78, 5) is 0. The van der Waals surface area contributed by atoms with Gasteiger partial charge in [-0.1, -0.05) is 32.8 Å². The van der Waals surface area contributed by atoms with Gasteiger partial charge in [0.25, 0.3) is 0 Å². The van der Waals surface area contributed by atoms with Gasteiger partial charge >= 0.3 is 0 Å². The fraction of sp³-hybridized carbons (Fsp3) is 0.571. The highest BCUT2D eigenvalue weighted by Gasteiger charge is 2.12. The van der Waals surface area contributed by atoms with Crippen molar-refractivity contribution in [1.82, 2.24) is 0 Å². The lowest BCUT2D eigenvalue weighted by Gasteiger charge is -2.18. The van der Waals surface area contributed by atoms with Crippen molar-refractivity contribution in [2.24, 2.45) is 0 Å². The van der Waals surface area contributed by atoms with Gasteiger partial charge < -0.3 is 14.9 Å². The van der Waals surface area contributed by atoms with E-state index in [-0.39, 0.29) is 17.6 Å². The van der Waals surface area contributed by atoms with E-state index in [4.69, 9.17) is 4.74 Å². The van der Waals surface area contributed by atoms with Gasteiger partial charge in [0.2, 0.25) is 5.75 Å². The lowest BCUT2D eigenvalue weighted by Crippen LogP contribution is -2.15. The lowest BCUT2D eigenvalue weighted by molar-refractivity contribution is 0.175. The highest BCUT2D eigenvalue weighted by molar-refractivity contribution is 5.48. The minimum Gasteiger partial charge on any atom is -0.504 e. The summed E-state index contributed by atoms with van der Waals surface area (Å²) in [6.45, 7) is 4.24. The molecule has 0 radical (unpaired) electrons. The quantitative estimate of drug-likeness (QED) is 0.560. The number of unbranched alkanes of at least 4 members (excludes halogenated alkanes) is 2. The Morgan fingerprint density at radius 3 is 2.59 bits per heavy atom. The number of phenols is 2. The Balaban J connectivity index is 2.57. The zero-order chi connectivity index (χ0) is 12.7. The van der Waals surface area contributed by atoms with E-state index in [1.807, 2.05) is 0 Å². The number of hydrogen-bond acceptors (Lipinski definition) is 3. The molecule has 0 spiro atoms. The number of ether oxygens (including phenoxy) is 1. The van der Waals surface area contributed by atoms with E-state index in [0.717, 1.165) is 19.3 Å². The first kappa shape index (κ1) is 13.7. The second-order valence-electron chi connectivity index (χ2n) is 4.27. The molecule has 2 N–H and O–H groups in total. The van der Waals surface area contributed by atoms with Crippen LogP contribution in [0.25, 0.3) is 0 Å². The van der Waals surface area contributed by atoms with Gasteiger partial charge in [0.15, 0.2) is 11.5 Å². The maximum atomic E-state index is 9.64. The summed E-state index contributed by atoms with van der Waals surface area (Å²) in [6.07, 6.45) is 5.52. The second kappa shape index (κ2) is 7.05. The molecule has 1 atom stereocenters. The normalized spacial score (nSPS) is 12.4. The third kappa shape index (κ3) is 4.17. The molecule has 3 nitrogen and oxygen atoms in total. The van der Waals surface area contributed by atoms with Crippen molar-refractivity contribution in [1.29, 1.82) is 0 Å². The molecule has 0 saturated heterocycles. The van der Waals surface area contributed by atoms with Crippen molar-refractivity contribution in [3.63, 3.8) is 0 Å². The Kier molecular flexibility index (Phi) is 5.67. The first-order valence-electron chi connectivity index (χ1n) is 6.36. The Morgan fingerprint density at radius 2 is 1.94 bits per heavy atom. The van der Waals surface area contributed by atoms with Crippen LogP contribution >= 0.6 is 0 Å². The monoisotopic (exact) mass is 238 g/mol. The van der Waals surface area contributed by atoms with Crippen LogP contribution in [0.15, 0.2) is 18.2 Å². The number of phenolic OH excluding ortho intramolecular Hbond substituents is 2. The molecule has 0 aliphatic carbocycles. The highest BCUT2D eigenvalue weighted by atomic mass is 16.5. The summed E-state index contributed by atoms with van der Waals surface area (Å²) in [7, 11) is 0. The minimum atomic E-state index is -0.165. The summed E-state index contributed by atoms with van der Waals surface area (Å²) in [5, 5.41) is 19.0. The van der Waals surface area contributed by atoms with Crippen LogP contribution in [0.5, 0.6) is 17.2 Å². The molecule has 1 aromatic carbocycles. The van der Waals surface area contributed by atoms with Gasteiger partial charge in [-0.05, 0) is 31.4 Å². The standard InChI is InChI=1S/C14H22O3/c1-3-5-6-8-11(4-2)17-13-10-7-9-12(15)14(13)16/h7,9-11,15-16H,3-6,8H2,1-2H3. The van der Waals surface area contributed by atoms with Crippen LogP contribution in [-0.2, 0) is 0 Å². The summed E-state index contributed by atoms with van der Waals surface area (Å²) >= 11 is 0. The van der Waals surface area contributed by atoms with Gasteiger partial charge in [-0.2, -0.15) is 0 Å². The van der Waals surface area contributed by atoms with Crippen molar-refractivity contribution in [3.05, 3.63) is 18.2 Å². The third-order valence-electron chi connectivity index (χ3n) is 2.86. The van der Waals surface area contributed by atoms with Gasteiger partial charge in [-0.3, -0.25) is 0 Å². The smallest absolute Gasteiger partial charge is 0.200 e. The predicted octanol–water partition coefficient (Wildman–Crippen LogP) is 3.84. The molecule has 0 aromatic heterocycles. The molecular formula is C14H22O3. The molecule has 0 bridgehead atoms. The van der Waals surface area contributed by atoms with E-state index in [2.05, 4.69) is 13.8 Å². The molecule has 1 aromatic rings. The van der Waals surface area contributed by atoms with Crippen LogP contribution in [0.4, 0.5) is 0 Å². The van der Waals surface area contributed by atoms with Gasteiger partial charge in [0.05, 0.1) is 6.10 Å². The number of rotatable bonds is 7. The first-order chi connectivity index (χ1) is 8.19. The van der Waals surface area contributed by atoms with Crippen LogP contribution in [0.1, 0.15) is 46.0 Å².